The zero-order valence-corrected chi connectivity index (χ0v) is 10.7. The van der Waals surface area contributed by atoms with Gasteiger partial charge in [0.05, 0.1) is 18.7 Å². The molecule has 92 valence electrons. The highest BCUT2D eigenvalue weighted by Crippen LogP contribution is 2.29. The second-order valence-electron chi connectivity index (χ2n) is 4.16. The number of aromatic nitrogens is 1. The Kier molecular flexibility index (Phi) is 2.85. The molecule has 0 bridgehead atoms. The Bertz CT molecular complexity index is 607. The fraction of sp³-hybridized carbons (Fsp3) is 0.231. The average Bonchev–Trinajstić information content (AvgIpc) is 2.93. The number of nitrogens with zero attached hydrogens (tertiary/aromatic N) is 1. The molecule has 1 aromatic carbocycles. The smallest absolute Gasteiger partial charge is 0.228 e. The summed E-state index contributed by atoms with van der Waals surface area (Å²) in [6.45, 7) is 0.537. The Morgan fingerprint density at radius 2 is 2.39 bits per heavy atom. The van der Waals surface area contributed by atoms with Crippen molar-refractivity contribution in [2.45, 2.75) is 13.0 Å². The summed E-state index contributed by atoms with van der Waals surface area (Å²) in [6, 6.07) is 5.94. The lowest BCUT2D eigenvalue weighted by molar-refractivity contribution is -0.115. The van der Waals surface area contributed by atoms with E-state index in [1.54, 1.807) is 18.4 Å². The van der Waals surface area contributed by atoms with E-state index in [4.69, 9.17) is 4.74 Å². The number of amides is 1. The fourth-order valence-electron chi connectivity index (χ4n) is 2.02. The minimum absolute atomic E-state index is 0.0560. The number of nitrogens with one attached hydrogen (secondary N) is 1. The summed E-state index contributed by atoms with van der Waals surface area (Å²) in [4.78, 5) is 15.8. The van der Waals surface area contributed by atoms with E-state index in [9.17, 15) is 4.79 Å². The summed E-state index contributed by atoms with van der Waals surface area (Å²) in [5, 5.41) is 5.80. The molecule has 1 aromatic heterocycles. The lowest BCUT2D eigenvalue weighted by Gasteiger charge is -2.01. The summed E-state index contributed by atoms with van der Waals surface area (Å²) in [7, 11) is 1.66. The first kappa shape index (κ1) is 11.4. The van der Waals surface area contributed by atoms with Crippen LogP contribution in [0, 0.1) is 0 Å². The number of anilines is 1. The number of fused-ring (bicyclic) bond motifs is 1. The van der Waals surface area contributed by atoms with Gasteiger partial charge in [0, 0.05) is 23.7 Å². The third-order valence-corrected chi connectivity index (χ3v) is 3.67. The van der Waals surface area contributed by atoms with E-state index >= 15 is 0 Å². The van der Waals surface area contributed by atoms with Gasteiger partial charge in [-0.05, 0) is 17.7 Å². The van der Waals surface area contributed by atoms with Crippen molar-refractivity contribution in [2.75, 3.05) is 12.4 Å². The second kappa shape index (κ2) is 4.51. The number of thiazole rings is 1. The number of hydrogen-bond donors (Lipinski definition) is 1. The SMILES string of the molecule is COCc1nc(-c2ccc3c(c2)CC(=O)N3)cs1. The number of carbonyl (C=O) groups is 1. The van der Waals surface area contributed by atoms with Crippen molar-refractivity contribution in [2.24, 2.45) is 0 Å². The van der Waals surface area contributed by atoms with Crippen LogP contribution in [0.25, 0.3) is 11.3 Å². The maximum absolute atomic E-state index is 11.3. The molecule has 0 spiro atoms. The van der Waals surface area contributed by atoms with Crippen molar-refractivity contribution in [3.63, 3.8) is 0 Å². The summed E-state index contributed by atoms with van der Waals surface area (Å²) < 4.78 is 5.06. The number of rotatable bonds is 3. The minimum Gasteiger partial charge on any atom is -0.378 e. The molecule has 4 nitrogen and oxygen atoms in total. The van der Waals surface area contributed by atoms with Gasteiger partial charge in [-0.15, -0.1) is 11.3 Å². The molecule has 0 aliphatic carbocycles. The Morgan fingerprint density at radius 1 is 1.50 bits per heavy atom. The molecule has 5 heteroatoms. The number of carbonyl (C=O) groups excluding carboxylic acids is 1. The summed E-state index contributed by atoms with van der Waals surface area (Å²) in [5.41, 5.74) is 3.94. The van der Waals surface area contributed by atoms with E-state index in [2.05, 4.69) is 10.3 Å². The predicted octanol–water partition coefficient (Wildman–Crippen LogP) is 2.45. The molecule has 1 amide bonds. The second-order valence-corrected chi connectivity index (χ2v) is 5.10. The highest BCUT2D eigenvalue weighted by atomic mass is 32.1. The Balaban J connectivity index is 1.92. The van der Waals surface area contributed by atoms with Crippen molar-refractivity contribution < 1.29 is 9.53 Å². The number of methoxy groups -OCH3 is 1. The molecule has 18 heavy (non-hydrogen) atoms. The maximum Gasteiger partial charge on any atom is 0.228 e. The summed E-state index contributed by atoms with van der Waals surface area (Å²) in [5.74, 6) is 0.0560. The number of hydrogen-bond acceptors (Lipinski definition) is 4. The minimum atomic E-state index is 0.0560. The van der Waals surface area contributed by atoms with Gasteiger partial charge in [-0.1, -0.05) is 6.07 Å². The van der Waals surface area contributed by atoms with Gasteiger partial charge in [0.25, 0.3) is 0 Å². The largest absolute Gasteiger partial charge is 0.378 e. The zero-order valence-electron chi connectivity index (χ0n) is 9.90. The van der Waals surface area contributed by atoms with Crippen LogP contribution in [0.15, 0.2) is 23.6 Å². The van der Waals surface area contributed by atoms with Crippen LogP contribution in [0.2, 0.25) is 0 Å². The Morgan fingerprint density at radius 3 is 3.22 bits per heavy atom. The van der Waals surface area contributed by atoms with Crippen molar-refractivity contribution in [3.8, 4) is 11.3 Å². The van der Waals surface area contributed by atoms with Crippen LogP contribution < -0.4 is 5.32 Å². The van der Waals surface area contributed by atoms with E-state index in [1.165, 1.54) is 0 Å². The average molecular weight is 260 g/mol. The van der Waals surface area contributed by atoms with Crippen molar-refractivity contribution >= 4 is 22.9 Å². The molecule has 0 unspecified atom stereocenters. The quantitative estimate of drug-likeness (QED) is 0.922. The van der Waals surface area contributed by atoms with E-state index in [1.807, 2.05) is 23.6 Å². The van der Waals surface area contributed by atoms with Gasteiger partial charge in [-0.25, -0.2) is 4.98 Å². The third-order valence-electron chi connectivity index (χ3n) is 2.85. The van der Waals surface area contributed by atoms with Gasteiger partial charge >= 0.3 is 0 Å². The van der Waals surface area contributed by atoms with Gasteiger partial charge in [0.1, 0.15) is 5.01 Å². The van der Waals surface area contributed by atoms with E-state index in [0.717, 1.165) is 27.5 Å². The number of benzene rings is 1. The highest BCUT2D eigenvalue weighted by Gasteiger charge is 2.18. The van der Waals surface area contributed by atoms with Gasteiger partial charge < -0.3 is 10.1 Å². The van der Waals surface area contributed by atoms with Gasteiger partial charge in [0.15, 0.2) is 0 Å². The van der Waals surface area contributed by atoms with Crippen molar-refractivity contribution in [3.05, 3.63) is 34.2 Å². The van der Waals surface area contributed by atoms with Crippen LogP contribution in [-0.4, -0.2) is 18.0 Å². The molecule has 1 aliphatic rings. The van der Waals surface area contributed by atoms with Crippen molar-refractivity contribution in [1.82, 2.24) is 4.98 Å². The van der Waals surface area contributed by atoms with Crippen LogP contribution >= 0.6 is 11.3 Å². The molecular formula is C13H12N2O2S. The molecule has 0 fully saturated rings. The van der Waals surface area contributed by atoms with Crippen LogP contribution in [0.3, 0.4) is 0 Å². The zero-order chi connectivity index (χ0) is 12.5. The predicted molar refractivity (Wildman–Crippen MR) is 70.6 cm³/mol. The van der Waals surface area contributed by atoms with Crippen LogP contribution in [-0.2, 0) is 22.6 Å². The lowest BCUT2D eigenvalue weighted by Crippen LogP contribution is -2.03. The van der Waals surface area contributed by atoms with Gasteiger partial charge in [0.2, 0.25) is 5.91 Å². The molecule has 0 saturated carbocycles. The first-order valence-corrected chi connectivity index (χ1v) is 6.51. The Hall–Kier alpha value is -1.72. The third kappa shape index (κ3) is 2.02. The van der Waals surface area contributed by atoms with Crippen LogP contribution in [0.5, 0.6) is 0 Å². The number of ether oxygens (including phenoxy) is 1. The normalized spacial score (nSPS) is 13.5. The molecule has 0 saturated heterocycles. The summed E-state index contributed by atoms with van der Waals surface area (Å²) >= 11 is 1.58. The standard InChI is InChI=1S/C13H12N2O2S/c1-17-6-13-15-11(7-18-13)8-2-3-10-9(4-8)5-12(16)14-10/h2-4,7H,5-6H2,1H3,(H,14,16). The first-order chi connectivity index (χ1) is 8.76. The van der Waals surface area contributed by atoms with E-state index in [0.29, 0.717) is 13.0 Å². The highest BCUT2D eigenvalue weighted by molar-refractivity contribution is 7.09. The van der Waals surface area contributed by atoms with Gasteiger partial charge in [-0.2, -0.15) is 0 Å². The molecule has 1 aliphatic heterocycles. The van der Waals surface area contributed by atoms with Crippen LogP contribution in [0.1, 0.15) is 10.6 Å². The van der Waals surface area contributed by atoms with E-state index in [-0.39, 0.29) is 5.91 Å². The first-order valence-electron chi connectivity index (χ1n) is 5.63. The molecule has 0 atom stereocenters. The molecule has 2 aromatic rings. The molecule has 1 N–H and O–H groups in total. The Labute approximate surface area is 109 Å². The van der Waals surface area contributed by atoms with Gasteiger partial charge in [-0.3, -0.25) is 4.79 Å². The van der Waals surface area contributed by atoms with Crippen molar-refractivity contribution in [1.29, 1.82) is 0 Å². The molecule has 3 rings (SSSR count). The van der Waals surface area contributed by atoms with E-state index < -0.39 is 0 Å². The fourth-order valence-corrected chi connectivity index (χ4v) is 2.80. The molecule has 2 heterocycles. The molecular weight excluding hydrogens is 248 g/mol. The van der Waals surface area contributed by atoms with Crippen LogP contribution in [0.4, 0.5) is 5.69 Å². The monoisotopic (exact) mass is 260 g/mol. The summed E-state index contributed by atoms with van der Waals surface area (Å²) in [6.07, 6.45) is 0.457. The maximum atomic E-state index is 11.3. The lowest BCUT2D eigenvalue weighted by atomic mass is 10.1. The molecule has 0 radical (unpaired) electrons. The topological polar surface area (TPSA) is 51.2 Å².